The second kappa shape index (κ2) is 4.85. The maximum Gasteiger partial charge on any atom is 0.135 e. The first-order valence-electron chi connectivity index (χ1n) is 6.53. The van der Waals surface area contributed by atoms with Gasteiger partial charge in [0.05, 0.1) is 0 Å². The molecule has 0 fully saturated rings. The molecule has 1 heterocycles. The van der Waals surface area contributed by atoms with Crippen molar-refractivity contribution in [3.05, 3.63) is 59.9 Å². The average molecular weight is 264 g/mol. The minimum Gasteiger partial charge on any atom is -0.456 e. The molecule has 3 aromatic rings. The third-order valence-electron chi connectivity index (χ3n) is 3.59. The molecule has 100 valence electrons. The van der Waals surface area contributed by atoms with Gasteiger partial charge < -0.3 is 10.5 Å². The zero-order valence-electron chi connectivity index (χ0n) is 11.6. The number of rotatable bonds is 2. The summed E-state index contributed by atoms with van der Waals surface area (Å²) in [5.41, 5.74) is 9.04. The third kappa shape index (κ3) is 2.07. The number of hydrogen-bond acceptors (Lipinski definition) is 3. The Morgan fingerprint density at radius 2 is 1.80 bits per heavy atom. The van der Waals surface area contributed by atoms with Gasteiger partial charge in [-0.2, -0.15) is 0 Å². The first-order chi connectivity index (χ1) is 9.66. The average Bonchev–Trinajstić information content (AvgIpc) is 2.47. The molecule has 0 bridgehead atoms. The first-order valence-corrected chi connectivity index (χ1v) is 6.53. The van der Waals surface area contributed by atoms with Crippen LogP contribution in [0.2, 0.25) is 0 Å². The standard InChI is InChI=1S/C17H16N2O/c1-11-4-3-5-16(12(11)2)20-17-7-6-15(18)14-10-19-9-8-13(14)17/h3-10H,18H2,1-2H3. The van der Waals surface area contributed by atoms with E-state index in [2.05, 4.69) is 24.9 Å². The van der Waals surface area contributed by atoms with Gasteiger partial charge in [0, 0.05) is 28.9 Å². The molecule has 0 aliphatic rings. The Balaban J connectivity index is 2.12. The van der Waals surface area contributed by atoms with E-state index in [-0.39, 0.29) is 0 Å². The van der Waals surface area contributed by atoms with Crippen molar-refractivity contribution < 1.29 is 4.74 Å². The third-order valence-corrected chi connectivity index (χ3v) is 3.59. The van der Waals surface area contributed by atoms with E-state index >= 15 is 0 Å². The number of pyridine rings is 1. The number of benzene rings is 2. The molecular weight excluding hydrogens is 248 g/mol. The van der Waals surface area contributed by atoms with Crippen molar-refractivity contribution in [2.45, 2.75) is 13.8 Å². The Morgan fingerprint density at radius 1 is 0.950 bits per heavy atom. The molecular formula is C17H16N2O. The SMILES string of the molecule is Cc1cccc(Oc2ccc(N)c3cnccc23)c1C. The zero-order chi connectivity index (χ0) is 14.1. The molecule has 3 heteroatoms. The van der Waals surface area contributed by atoms with Crippen LogP contribution in [0.25, 0.3) is 10.8 Å². The lowest BCUT2D eigenvalue weighted by molar-refractivity contribution is 0.484. The van der Waals surface area contributed by atoms with Crippen LogP contribution in [0.15, 0.2) is 48.8 Å². The van der Waals surface area contributed by atoms with Crippen molar-refractivity contribution in [3.8, 4) is 11.5 Å². The minimum absolute atomic E-state index is 0.710. The zero-order valence-corrected chi connectivity index (χ0v) is 11.6. The molecule has 0 aliphatic heterocycles. The molecule has 0 atom stereocenters. The summed E-state index contributed by atoms with van der Waals surface area (Å²) in [6, 6.07) is 11.7. The summed E-state index contributed by atoms with van der Waals surface area (Å²) in [7, 11) is 0. The Labute approximate surface area is 118 Å². The van der Waals surface area contributed by atoms with Crippen molar-refractivity contribution in [2.24, 2.45) is 0 Å². The molecule has 2 aromatic carbocycles. The topological polar surface area (TPSA) is 48.1 Å². The van der Waals surface area contributed by atoms with E-state index < -0.39 is 0 Å². The van der Waals surface area contributed by atoms with Crippen LogP contribution >= 0.6 is 0 Å². The highest BCUT2D eigenvalue weighted by Crippen LogP contribution is 2.34. The Morgan fingerprint density at radius 3 is 2.65 bits per heavy atom. The monoisotopic (exact) mass is 264 g/mol. The van der Waals surface area contributed by atoms with Crippen LogP contribution in [0, 0.1) is 13.8 Å². The fourth-order valence-corrected chi connectivity index (χ4v) is 2.23. The molecule has 3 nitrogen and oxygen atoms in total. The Bertz CT molecular complexity index is 781. The number of nitrogen functional groups attached to an aromatic ring is 1. The van der Waals surface area contributed by atoms with Crippen LogP contribution in [0.4, 0.5) is 5.69 Å². The van der Waals surface area contributed by atoms with E-state index in [9.17, 15) is 0 Å². The van der Waals surface area contributed by atoms with E-state index in [4.69, 9.17) is 10.5 Å². The summed E-state index contributed by atoms with van der Waals surface area (Å²) in [6.45, 7) is 4.14. The van der Waals surface area contributed by atoms with Crippen LogP contribution in [-0.4, -0.2) is 4.98 Å². The minimum atomic E-state index is 0.710. The van der Waals surface area contributed by atoms with Gasteiger partial charge >= 0.3 is 0 Å². The second-order valence-corrected chi connectivity index (χ2v) is 4.87. The number of nitrogens with two attached hydrogens (primary N) is 1. The lowest BCUT2D eigenvalue weighted by Crippen LogP contribution is -1.93. The van der Waals surface area contributed by atoms with Gasteiger partial charge in [-0.3, -0.25) is 4.98 Å². The van der Waals surface area contributed by atoms with Crippen LogP contribution in [0.1, 0.15) is 11.1 Å². The van der Waals surface area contributed by atoms with Crippen molar-refractivity contribution in [2.75, 3.05) is 5.73 Å². The normalized spacial score (nSPS) is 10.7. The van der Waals surface area contributed by atoms with E-state index in [0.717, 1.165) is 27.8 Å². The van der Waals surface area contributed by atoms with Crippen LogP contribution in [-0.2, 0) is 0 Å². The molecule has 0 amide bonds. The molecule has 0 unspecified atom stereocenters. The summed E-state index contributed by atoms with van der Waals surface area (Å²) >= 11 is 0. The van der Waals surface area contributed by atoms with Gasteiger partial charge in [0.15, 0.2) is 0 Å². The Hall–Kier alpha value is -2.55. The molecule has 0 saturated carbocycles. The number of ether oxygens (including phenoxy) is 1. The summed E-state index contributed by atoms with van der Waals surface area (Å²) in [5, 5.41) is 1.89. The molecule has 3 rings (SSSR count). The first kappa shape index (κ1) is 12.5. The Kier molecular flexibility index (Phi) is 3.03. The number of aromatic nitrogens is 1. The van der Waals surface area contributed by atoms with Crippen molar-refractivity contribution in [1.29, 1.82) is 0 Å². The summed E-state index contributed by atoms with van der Waals surface area (Å²) in [4.78, 5) is 4.12. The fourth-order valence-electron chi connectivity index (χ4n) is 2.23. The molecule has 1 aromatic heterocycles. The predicted molar refractivity (Wildman–Crippen MR) is 82.1 cm³/mol. The van der Waals surface area contributed by atoms with Crippen LogP contribution < -0.4 is 10.5 Å². The van der Waals surface area contributed by atoms with Crippen LogP contribution in [0.3, 0.4) is 0 Å². The smallest absolute Gasteiger partial charge is 0.135 e. The number of hydrogen-bond donors (Lipinski definition) is 1. The van der Waals surface area contributed by atoms with Gasteiger partial charge in [0.25, 0.3) is 0 Å². The predicted octanol–water partition coefficient (Wildman–Crippen LogP) is 4.23. The molecule has 0 radical (unpaired) electrons. The molecule has 20 heavy (non-hydrogen) atoms. The number of fused-ring (bicyclic) bond motifs is 1. The summed E-state index contributed by atoms with van der Waals surface area (Å²) in [6.07, 6.45) is 3.51. The second-order valence-electron chi connectivity index (χ2n) is 4.87. The molecule has 0 aliphatic carbocycles. The van der Waals surface area contributed by atoms with Gasteiger partial charge in [0.2, 0.25) is 0 Å². The molecule has 0 saturated heterocycles. The van der Waals surface area contributed by atoms with Gasteiger partial charge in [-0.25, -0.2) is 0 Å². The largest absolute Gasteiger partial charge is 0.456 e. The van der Waals surface area contributed by atoms with Gasteiger partial charge in [-0.05, 0) is 49.2 Å². The number of nitrogens with zero attached hydrogens (tertiary/aromatic N) is 1. The van der Waals surface area contributed by atoms with E-state index in [1.54, 1.807) is 12.4 Å². The van der Waals surface area contributed by atoms with Gasteiger partial charge in [0.1, 0.15) is 11.5 Å². The lowest BCUT2D eigenvalue weighted by Gasteiger charge is -2.13. The highest BCUT2D eigenvalue weighted by atomic mass is 16.5. The molecule has 2 N–H and O–H groups in total. The van der Waals surface area contributed by atoms with Crippen LogP contribution in [0.5, 0.6) is 11.5 Å². The number of aryl methyl sites for hydroxylation is 1. The van der Waals surface area contributed by atoms with Gasteiger partial charge in [-0.1, -0.05) is 12.1 Å². The van der Waals surface area contributed by atoms with E-state index in [0.29, 0.717) is 5.69 Å². The molecule has 0 spiro atoms. The van der Waals surface area contributed by atoms with E-state index in [1.165, 1.54) is 5.56 Å². The van der Waals surface area contributed by atoms with Gasteiger partial charge in [-0.15, -0.1) is 0 Å². The highest BCUT2D eigenvalue weighted by molar-refractivity contribution is 5.96. The quantitative estimate of drug-likeness (QED) is 0.705. The van der Waals surface area contributed by atoms with Crippen molar-refractivity contribution in [3.63, 3.8) is 0 Å². The van der Waals surface area contributed by atoms with Crippen molar-refractivity contribution >= 4 is 16.5 Å². The fraction of sp³-hybridized carbons (Fsp3) is 0.118. The number of anilines is 1. The summed E-state index contributed by atoms with van der Waals surface area (Å²) < 4.78 is 6.07. The summed E-state index contributed by atoms with van der Waals surface area (Å²) in [5.74, 6) is 1.66. The highest BCUT2D eigenvalue weighted by Gasteiger charge is 2.08. The van der Waals surface area contributed by atoms with E-state index in [1.807, 2.05) is 30.3 Å². The maximum atomic E-state index is 6.07. The van der Waals surface area contributed by atoms with Crippen molar-refractivity contribution in [1.82, 2.24) is 4.98 Å². The maximum absolute atomic E-state index is 6.07. The lowest BCUT2D eigenvalue weighted by atomic mass is 10.1.